The number of hydrogen-bond donors (Lipinski definition) is 2. The van der Waals surface area contributed by atoms with E-state index < -0.39 is 0 Å². The predicted octanol–water partition coefficient (Wildman–Crippen LogP) is 3.68. The number of carbonyl (C=O) groups is 1. The maximum Gasteiger partial charge on any atom is 0.315 e. The molecule has 0 aliphatic rings. The van der Waals surface area contributed by atoms with E-state index in [9.17, 15) is 4.79 Å². The highest BCUT2D eigenvalue weighted by atomic mass is 16.5. The Morgan fingerprint density at radius 2 is 1.58 bits per heavy atom. The molecule has 0 saturated heterocycles. The molecule has 0 atom stereocenters. The minimum atomic E-state index is -0.256. The first-order valence-corrected chi connectivity index (χ1v) is 8.40. The Bertz CT molecular complexity index is 799. The summed E-state index contributed by atoms with van der Waals surface area (Å²) in [4.78, 5) is 16.6. The van der Waals surface area contributed by atoms with Crippen molar-refractivity contribution >= 4 is 6.03 Å². The summed E-state index contributed by atoms with van der Waals surface area (Å²) in [5, 5.41) is 5.92. The number of nitrogens with one attached hydrogen (secondary N) is 2. The average Bonchev–Trinajstić information content (AvgIpc) is 2.72. The Hall–Kier alpha value is -3.34. The molecule has 0 saturated carbocycles. The van der Waals surface area contributed by atoms with Crippen LogP contribution in [0.15, 0.2) is 79.0 Å². The first-order chi connectivity index (χ1) is 12.8. The summed E-state index contributed by atoms with van der Waals surface area (Å²) >= 11 is 0. The molecule has 0 fully saturated rings. The summed E-state index contributed by atoms with van der Waals surface area (Å²) in [5.41, 5.74) is 2.86. The molecule has 3 aromatic rings. The van der Waals surface area contributed by atoms with Crippen molar-refractivity contribution in [3.8, 4) is 5.88 Å². The molecule has 0 aliphatic heterocycles. The van der Waals surface area contributed by atoms with E-state index in [0.29, 0.717) is 12.4 Å². The zero-order chi connectivity index (χ0) is 18.2. The van der Waals surface area contributed by atoms with E-state index in [1.807, 2.05) is 72.8 Å². The standard InChI is InChI=1S/C21H21N3O2/c1-26-20-18(13-8-14-22-20)15-23-21(25)24-19(16-9-4-2-5-10-16)17-11-6-3-7-12-17/h2-14,19H,15H2,1H3,(H2,23,24,25). The third-order valence-corrected chi connectivity index (χ3v) is 4.02. The van der Waals surface area contributed by atoms with E-state index in [4.69, 9.17) is 4.74 Å². The fraction of sp³-hybridized carbons (Fsp3) is 0.143. The lowest BCUT2D eigenvalue weighted by atomic mass is 9.99. The van der Waals surface area contributed by atoms with Gasteiger partial charge in [0.25, 0.3) is 0 Å². The molecule has 2 amide bonds. The van der Waals surface area contributed by atoms with E-state index >= 15 is 0 Å². The number of amides is 2. The van der Waals surface area contributed by atoms with Gasteiger partial charge in [0.05, 0.1) is 13.2 Å². The molecule has 0 aliphatic carbocycles. The lowest BCUT2D eigenvalue weighted by Crippen LogP contribution is -2.38. The third kappa shape index (κ3) is 4.39. The van der Waals surface area contributed by atoms with Gasteiger partial charge >= 0.3 is 6.03 Å². The van der Waals surface area contributed by atoms with Crippen LogP contribution in [0.1, 0.15) is 22.7 Å². The van der Waals surface area contributed by atoms with Crippen LogP contribution in [-0.4, -0.2) is 18.1 Å². The fourth-order valence-corrected chi connectivity index (χ4v) is 2.75. The second-order valence-corrected chi connectivity index (χ2v) is 5.75. The summed E-state index contributed by atoms with van der Waals surface area (Å²) in [5.74, 6) is 0.510. The molecule has 0 bridgehead atoms. The number of rotatable bonds is 6. The molecule has 26 heavy (non-hydrogen) atoms. The van der Waals surface area contributed by atoms with Gasteiger partial charge in [-0.2, -0.15) is 0 Å². The quantitative estimate of drug-likeness (QED) is 0.715. The van der Waals surface area contributed by atoms with Gasteiger partial charge in [0.1, 0.15) is 0 Å². The molecular formula is C21H21N3O2. The molecule has 1 aromatic heterocycles. The van der Waals surface area contributed by atoms with Crippen molar-refractivity contribution in [1.29, 1.82) is 0 Å². The molecule has 5 nitrogen and oxygen atoms in total. The number of pyridine rings is 1. The summed E-state index contributed by atoms with van der Waals surface area (Å²) in [6.45, 7) is 0.332. The second-order valence-electron chi connectivity index (χ2n) is 5.75. The molecule has 0 spiro atoms. The molecule has 2 aromatic carbocycles. The minimum absolute atomic E-state index is 0.229. The normalized spacial score (nSPS) is 10.4. The van der Waals surface area contributed by atoms with Gasteiger partial charge in [-0.05, 0) is 17.2 Å². The number of carbonyl (C=O) groups excluding carboxylic acids is 1. The van der Waals surface area contributed by atoms with Crippen LogP contribution in [0, 0.1) is 0 Å². The van der Waals surface area contributed by atoms with Crippen LogP contribution >= 0.6 is 0 Å². The van der Waals surface area contributed by atoms with Gasteiger partial charge in [-0.1, -0.05) is 66.7 Å². The lowest BCUT2D eigenvalue weighted by molar-refractivity contribution is 0.238. The zero-order valence-corrected chi connectivity index (χ0v) is 14.6. The van der Waals surface area contributed by atoms with E-state index in [1.165, 1.54) is 0 Å². The van der Waals surface area contributed by atoms with E-state index in [-0.39, 0.29) is 12.1 Å². The first-order valence-electron chi connectivity index (χ1n) is 8.40. The van der Waals surface area contributed by atoms with Crippen molar-refractivity contribution in [3.63, 3.8) is 0 Å². The van der Waals surface area contributed by atoms with E-state index in [0.717, 1.165) is 16.7 Å². The zero-order valence-electron chi connectivity index (χ0n) is 14.6. The summed E-state index contributed by atoms with van der Waals surface area (Å²) < 4.78 is 5.21. The second kappa shape index (κ2) is 8.67. The monoisotopic (exact) mass is 347 g/mol. The Morgan fingerprint density at radius 1 is 0.962 bits per heavy atom. The van der Waals surface area contributed by atoms with Crippen molar-refractivity contribution in [2.45, 2.75) is 12.6 Å². The van der Waals surface area contributed by atoms with Crippen molar-refractivity contribution in [1.82, 2.24) is 15.6 Å². The number of nitrogens with zero attached hydrogens (tertiary/aromatic N) is 1. The fourth-order valence-electron chi connectivity index (χ4n) is 2.75. The molecular weight excluding hydrogens is 326 g/mol. The molecule has 132 valence electrons. The van der Waals surface area contributed by atoms with Crippen LogP contribution in [0.5, 0.6) is 5.88 Å². The highest BCUT2D eigenvalue weighted by Crippen LogP contribution is 2.21. The van der Waals surface area contributed by atoms with Crippen molar-refractivity contribution in [2.24, 2.45) is 0 Å². The third-order valence-electron chi connectivity index (χ3n) is 4.02. The van der Waals surface area contributed by atoms with E-state index in [2.05, 4.69) is 15.6 Å². The molecule has 3 rings (SSSR count). The smallest absolute Gasteiger partial charge is 0.315 e. The maximum absolute atomic E-state index is 12.5. The summed E-state index contributed by atoms with van der Waals surface area (Å²) in [6, 6.07) is 23.0. The van der Waals surface area contributed by atoms with Gasteiger partial charge in [0.2, 0.25) is 5.88 Å². The Labute approximate surface area is 153 Å². The summed E-state index contributed by atoms with van der Waals surface area (Å²) in [7, 11) is 1.56. The highest BCUT2D eigenvalue weighted by Gasteiger charge is 2.16. The van der Waals surface area contributed by atoms with E-state index in [1.54, 1.807) is 13.3 Å². The van der Waals surface area contributed by atoms with Crippen LogP contribution in [0.3, 0.4) is 0 Å². The average molecular weight is 347 g/mol. The molecule has 2 N–H and O–H groups in total. The number of benzene rings is 2. The minimum Gasteiger partial charge on any atom is -0.481 e. The summed E-state index contributed by atoms with van der Waals surface area (Å²) in [6.07, 6.45) is 1.66. The van der Waals surface area contributed by atoms with Gasteiger partial charge in [-0.15, -0.1) is 0 Å². The van der Waals surface area contributed by atoms with Gasteiger partial charge < -0.3 is 15.4 Å². The largest absolute Gasteiger partial charge is 0.481 e. The van der Waals surface area contributed by atoms with Crippen LogP contribution in [-0.2, 0) is 6.54 Å². The number of hydrogen-bond acceptors (Lipinski definition) is 3. The lowest BCUT2D eigenvalue weighted by Gasteiger charge is -2.20. The number of urea groups is 1. The van der Waals surface area contributed by atoms with Crippen molar-refractivity contribution in [3.05, 3.63) is 95.7 Å². The van der Waals surface area contributed by atoms with Gasteiger partial charge in [0.15, 0.2) is 0 Å². The first kappa shape index (κ1) is 17.5. The SMILES string of the molecule is COc1ncccc1CNC(=O)NC(c1ccccc1)c1ccccc1. The van der Waals surface area contributed by atoms with Crippen LogP contribution in [0.25, 0.3) is 0 Å². The van der Waals surface area contributed by atoms with Crippen molar-refractivity contribution < 1.29 is 9.53 Å². The van der Waals surface area contributed by atoms with Gasteiger partial charge in [-0.25, -0.2) is 9.78 Å². The van der Waals surface area contributed by atoms with Gasteiger partial charge in [-0.3, -0.25) is 0 Å². The Morgan fingerprint density at radius 3 is 2.15 bits per heavy atom. The topological polar surface area (TPSA) is 63.2 Å². The van der Waals surface area contributed by atoms with Gasteiger partial charge in [0, 0.05) is 18.3 Å². The van der Waals surface area contributed by atoms with Crippen LogP contribution < -0.4 is 15.4 Å². The van der Waals surface area contributed by atoms with Crippen LogP contribution in [0.4, 0.5) is 4.79 Å². The number of aromatic nitrogens is 1. The van der Waals surface area contributed by atoms with Crippen molar-refractivity contribution in [2.75, 3.05) is 7.11 Å². The molecule has 5 heteroatoms. The maximum atomic E-state index is 12.5. The molecule has 0 unspecified atom stereocenters. The number of methoxy groups -OCH3 is 1. The Balaban J connectivity index is 1.72. The molecule has 0 radical (unpaired) electrons. The van der Waals surface area contributed by atoms with Crippen LogP contribution in [0.2, 0.25) is 0 Å². The molecule has 1 heterocycles. The highest BCUT2D eigenvalue weighted by molar-refractivity contribution is 5.75. The Kier molecular flexibility index (Phi) is 5.83. The predicted molar refractivity (Wildman–Crippen MR) is 101 cm³/mol. The number of ether oxygens (including phenoxy) is 1.